The number of carbonyl (C=O) groups excluding carboxylic acids is 1. The fourth-order valence-electron chi connectivity index (χ4n) is 2.42. The van der Waals surface area contributed by atoms with E-state index in [1.54, 1.807) is 7.05 Å². The maximum atomic E-state index is 11.8. The van der Waals surface area contributed by atoms with E-state index in [4.69, 9.17) is 0 Å². The minimum atomic E-state index is -0.528. The van der Waals surface area contributed by atoms with Crippen molar-refractivity contribution < 1.29 is 9.90 Å². The quantitative estimate of drug-likeness (QED) is 0.443. The molecule has 6 heteroatoms. The fourth-order valence-corrected chi connectivity index (χ4v) is 2.42. The molecule has 0 spiro atoms. The Kier molecular flexibility index (Phi) is 6.95. The Morgan fingerprint density at radius 3 is 2.43 bits per heavy atom. The highest BCUT2D eigenvalue weighted by Crippen LogP contribution is 2.18. The third-order valence-electron chi connectivity index (χ3n) is 3.86. The summed E-state index contributed by atoms with van der Waals surface area (Å²) in [6, 6.07) is 0.342. The van der Waals surface area contributed by atoms with Crippen LogP contribution in [0.25, 0.3) is 0 Å². The summed E-state index contributed by atoms with van der Waals surface area (Å²) in [5.41, 5.74) is -0.528. The van der Waals surface area contributed by atoms with Crippen molar-refractivity contribution in [2.24, 2.45) is 10.4 Å². The van der Waals surface area contributed by atoms with Gasteiger partial charge in [0.25, 0.3) is 0 Å². The Labute approximate surface area is 127 Å². The van der Waals surface area contributed by atoms with Crippen LogP contribution in [0, 0.1) is 5.41 Å². The molecule has 1 saturated carbocycles. The molecule has 0 bridgehead atoms. The Morgan fingerprint density at radius 1 is 1.29 bits per heavy atom. The summed E-state index contributed by atoms with van der Waals surface area (Å²) < 4.78 is 0. The molecule has 0 aromatic heterocycles. The van der Waals surface area contributed by atoms with Crippen LogP contribution in [0.2, 0.25) is 0 Å². The van der Waals surface area contributed by atoms with Gasteiger partial charge in [-0.25, -0.2) is 0 Å². The molecule has 0 aromatic rings. The van der Waals surface area contributed by atoms with Gasteiger partial charge in [0.2, 0.25) is 5.91 Å². The van der Waals surface area contributed by atoms with Gasteiger partial charge in [0.15, 0.2) is 5.96 Å². The first-order valence-corrected chi connectivity index (χ1v) is 7.84. The van der Waals surface area contributed by atoms with E-state index in [0.717, 1.165) is 38.2 Å². The van der Waals surface area contributed by atoms with Crippen molar-refractivity contribution in [3.05, 3.63) is 0 Å². The summed E-state index contributed by atoms with van der Waals surface area (Å²) in [7, 11) is 1.64. The summed E-state index contributed by atoms with van der Waals surface area (Å²) in [5, 5.41) is 18.8. The second-order valence-electron chi connectivity index (χ2n) is 6.31. The average molecular weight is 298 g/mol. The molecule has 0 saturated heterocycles. The number of amides is 1. The van der Waals surface area contributed by atoms with E-state index >= 15 is 0 Å². The molecule has 1 amide bonds. The first kappa shape index (κ1) is 17.8. The first-order valence-electron chi connectivity index (χ1n) is 7.84. The minimum absolute atomic E-state index is 0.0112. The molecule has 4 N–H and O–H groups in total. The number of aliphatic hydroxyl groups is 1. The van der Waals surface area contributed by atoms with Crippen molar-refractivity contribution in [1.82, 2.24) is 16.0 Å². The average Bonchev–Trinajstić information content (AvgIpc) is 2.46. The standard InChI is InChI=1S/C15H30N4O2/c1-5-17-14(18-10-15(2,3)13(21)16-4)19-11-6-8-12(20)9-7-11/h11-12,20H,5-10H2,1-4H3,(H,16,21)(H2,17,18,19). The SMILES string of the molecule is CCNC(=NCC(C)(C)C(=O)NC)NC1CCC(O)CC1. The molecule has 1 aliphatic carbocycles. The van der Waals surface area contributed by atoms with E-state index in [2.05, 4.69) is 20.9 Å². The van der Waals surface area contributed by atoms with Gasteiger partial charge in [0.1, 0.15) is 0 Å². The summed E-state index contributed by atoms with van der Waals surface area (Å²) in [5.74, 6) is 0.735. The van der Waals surface area contributed by atoms with Crippen LogP contribution in [-0.2, 0) is 4.79 Å². The largest absolute Gasteiger partial charge is 0.393 e. The summed E-state index contributed by atoms with van der Waals surface area (Å²) >= 11 is 0. The van der Waals surface area contributed by atoms with Gasteiger partial charge >= 0.3 is 0 Å². The van der Waals surface area contributed by atoms with Crippen LogP contribution in [0.3, 0.4) is 0 Å². The lowest BCUT2D eigenvalue weighted by Gasteiger charge is -2.28. The molecule has 122 valence electrons. The van der Waals surface area contributed by atoms with E-state index in [1.807, 2.05) is 20.8 Å². The summed E-state index contributed by atoms with van der Waals surface area (Å²) in [6.45, 7) is 7.00. The topological polar surface area (TPSA) is 85.8 Å². The molecule has 0 radical (unpaired) electrons. The van der Waals surface area contributed by atoms with Crippen LogP contribution in [0.5, 0.6) is 0 Å². The third-order valence-corrected chi connectivity index (χ3v) is 3.86. The normalized spacial score (nSPS) is 23.6. The number of aliphatic hydroxyl groups excluding tert-OH is 1. The van der Waals surface area contributed by atoms with E-state index < -0.39 is 5.41 Å². The zero-order valence-corrected chi connectivity index (χ0v) is 13.7. The lowest BCUT2D eigenvalue weighted by Crippen LogP contribution is -2.46. The van der Waals surface area contributed by atoms with Crippen LogP contribution in [-0.4, -0.2) is 49.3 Å². The number of guanidine groups is 1. The van der Waals surface area contributed by atoms with Gasteiger partial charge in [-0.05, 0) is 46.5 Å². The lowest BCUT2D eigenvalue weighted by molar-refractivity contribution is -0.128. The zero-order chi connectivity index (χ0) is 15.9. The van der Waals surface area contributed by atoms with Crippen molar-refractivity contribution in [1.29, 1.82) is 0 Å². The molecule has 0 atom stereocenters. The van der Waals surface area contributed by atoms with Crippen molar-refractivity contribution in [2.45, 2.75) is 58.6 Å². The third kappa shape index (κ3) is 5.91. The molecule has 6 nitrogen and oxygen atoms in total. The second kappa shape index (κ2) is 8.22. The minimum Gasteiger partial charge on any atom is -0.393 e. The van der Waals surface area contributed by atoms with Crippen LogP contribution < -0.4 is 16.0 Å². The zero-order valence-electron chi connectivity index (χ0n) is 13.7. The van der Waals surface area contributed by atoms with Gasteiger partial charge in [0.05, 0.1) is 18.1 Å². The van der Waals surface area contributed by atoms with Crippen LogP contribution >= 0.6 is 0 Å². The van der Waals surface area contributed by atoms with E-state index in [9.17, 15) is 9.90 Å². The highest BCUT2D eigenvalue weighted by molar-refractivity contribution is 5.83. The maximum absolute atomic E-state index is 11.8. The molecule has 0 heterocycles. The van der Waals surface area contributed by atoms with Gasteiger partial charge in [-0.1, -0.05) is 0 Å². The van der Waals surface area contributed by atoms with E-state index in [1.165, 1.54) is 0 Å². The highest BCUT2D eigenvalue weighted by atomic mass is 16.3. The lowest BCUT2D eigenvalue weighted by atomic mass is 9.92. The fraction of sp³-hybridized carbons (Fsp3) is 0.867. The monoisotopic (exact) mass is 298 g/mol. The molecule has 1 aliphatic rings. The van der Waals surface area contributed by atoms with Gasteiger partial charge in [-0.2, -0.15) is 0 Å². The molecule has 0 aliphatic heterocycles. The molecule has 21 heavy (non-hydrogen) atoms. The Bertz CT molecular complexity index is 361. The smallest absolute Gasteiger partial charge is 0.227 e. The molecule has 1 rings (SSSR count). The number of hydrogen-bond acceptors (Lipinski definition) is 3. The molecule has 1 fully saturated rings. The predicted octanol–water partition coefficient (Wildman–Crippen LogP) is 0.617. The predicted molar refractivity (Wildman–Crippen MR) is 85.2 cm³/mol. The number of nitrogens with zero attached hydrogens (tertiary/aromatic N) is 1. The van der Waals surface area contributed by atoms with Gasteiger partial charge < -0.3 is 21.1 Å². The molecule has 0 aromatic carbocycles. The second-order valence-corrected chi connectivity index (χ2v) is 6.31. The molecule has 0 unspecified atom stereocenters. The number of rotatable bonds is 5. The summed E-state index contributed by atoms with van der Waals surface area (Å²) in [4.78, 5) is 16.3. The Balaban J connectivity index is 2.59. The van der Waals surface area contributed by atoms with Crippen LogP contribution in [0.1, 0.15) is 46.5 Å². The van der Waals surface area contributed by atoms with Crippen LogP contribution in [0.15, 0.2) is 4.99 Å². The first-order chi connectivity index (χ1) is 9.89. The van der Waals surface area contributed by atoms with E-state index in [0.29, 0.717) is 12.6 Å². The van der Waals surface area contributed by atoms with Crippen molar-refractivity contribution in [3.8, 4) is 0 Å². The summed E-state index contributed by atoms with van der Waals surface area (Å²) in [6.07, 6.45) is 3.41. The molecular weight excluding hydrogens is 268 g/mol. The van der Waals surface area contributed by atoms with Gasteiger partial charge in [-0.15, -0.1) is 0 Å². The molecular formula is C15H30N4O2. The number of nitrogens with one attached hydrogen (secondary N) is 3. The Hall–Kier alpha value is -1.30. The number of carbonyl (C=O) groups is 1. The van der Waals surface area contributed by atoms with Crippen LogP contribution in [0.4, 0.5) is 0 Å². The van der Waals surface area contributed by atoms with Crippen molar-refractivity contribution in [2.75, 3.05) is 20.1 Å². The van der Waals surface area contributed by atoms with Gasteiger partial charge in [-0.3, -0.25) is 9.79 Å². The maximum Gasteiger partial charge on any atom is 0.227 e. The highest BCUT2D eigenvalue weighted by Gasteiger charge is 2.26. The van der Waals surface area contributed by atoms with Crippen molar-refractivity contribution >= 4 is 11.9 Å². The van der Waals surface area contributed by atoms with E-state index in [-0.39, 0.29) is 12.0 Å². The van der Waals surface area contributed by atoms with Crippen molar-refractivity contribution in [3.63, 3.8) is 0 Å². The van der Waals surface area contributed by atoms with Gasteiger partial charge in [0, 0.05) is 19.6 Å². The Morgan fingerprint density at radius 2 is 1.90 bits per heavy atom. The number of hydrogen-bond donors (Lipinski definition) is 4. The number of aliphatic imine (C=N–C) groups is 1.